The van der Waals surface area contributed by atoms with Crippen LogP contribution in [0, 0.1) is 25.5 Å². The first kappa shape index (κ1) is 19.9. The van der Waals surface area contributed by atoms with E-state index in [0.717, 1.165) is 17.1 Å². The molecule has 1 amide bonds. The lowest BCUT2D eigenvalue weighted by atomic mass is 10.1. The van der Waals surface area contributed by atoms with Crippen molar-refractivity contribution in [1.29, 1.82) is 0 Å². The number of aromatic nitrogens is 2. The van der Waals surface area contributed by atoms with Crippen molar-refractivity contribution in [2.75, 3.05) is 31.1 Å². The van der Waals surface area contributed by atoms with Crippen LogP contribution in [0.1, 0.15) is 21.6 Å². The Balaban J connectivity index is 1.53. The molecule has 0 bridgehead atoms. The lowest BCUT2D eigenvalue weighted by molar-refractivity contribution is 0.0746. The highest BCUT2D eigenvalue weighted by Gasteiger charge is 2.25. The molecule has 5 nitrogen and oxygen atoms in total. The summed E-state index contributed by atoms with van der Waals surface area (Å²) in [6, 6.07) is 11.9. The summed E-state index contributed by atoms with van der Waals surface area (Å²) in [4.78, 5) is 25.8. The number of hydrogen-bond donors (Lipinski definition) is 0. The number of carbonyl (C=O) groups is 1. The highest BCUT2D eigenvalue weighted by Crippen LogP contribution is 2.26. The summed E-state index contributed by atoms with van der Waals surface area (Å²) < 4.78 is 26.8. The van der Waals surface area contributed by atoms with Gasteiger partial charge in [-0.1, -0.05) is 12.1 Å². The van der Waals surface area contributed by atoms with E-state index in [-0.39, 0.29) is 17.5 Å². The fourth-order valence-electron chi connectivity index (χ4n) is 3.57. The molecule has 1 aliphatic heterocycles. The molecule has 30 heavy (non-hydrogen) atoms. The van der Waals surface area contributed by atoms with E-state index in [9.17, 15) is 13.6 Å². The van der Waals surface area contributed by atoms with E-state index in [1.165, 1.54) is 36.4 Å². The molecule has 0 radical (unpaired) electrons. The molecule has 2 aromatic carbocycles. The molecule has 1 saturated heterocycles. The topological polar surface area (TPSA) is 49.3 Å². The second-order valence-electron chi connectivity index (χ2n) is 7.38. The van der Waals surface area contributed by atoms with Crippen molar-refractivity contribution in [3.63, 3.8) is 0 Å². The first-order chi connectivity index (χ1) is 14.4. The summed E-state index contributed by atoms with van der Waals surface area (Å²) >= 11 is 0. The molecule has 1 aromatic heterocycles. The summed E-state index contributed by atoms with van der Waals surface area (Å²) in [7, 11) is 0. The monoisotopic (exact) mass is 408 g/mol. The zero-order valence-corrected chi connectivity index (χ0v) is 16.9. The molecule has 2 heterocycles. The maximum atomic E-state index is 13.6. The van der Waals surface area contributed by atoms with Crippen LogP contribution < -0.4 is 4.90 Å². The molecule has 1 fully saturated rings. The number of amides is 1. The van der Waals surface area contributed by atoms with Crippen LogP contribution in [0.5, 0.6) is 0 Å². The van der Waals surface area contributed by atoms with Gasteiger partial charge in [0.1, 0.15) is 17.5 Å². The minimum absolute atomic E-state index is 0.106. The number of anilines is 1. The fourth-order valence-corrected chi connectivity index (χ4v) is 3.57. The number of benzene rings is 2. The SMILES string of the molecule is Cc1nc(-c2cccc(F)c2)nc(N2CCN(C(=O)c3ccc(F)cc3)CC2)c1C. The van der Waals surface area contributed by atoms with Crippen LogP contribution in [0.3, 0.4) is 0 Å². The van der Waals surface area contributed by atoms with Crippen LogP contribution in [0.15, 0.2) is 48.5 Å². The van der Waals surface area contributed by atoms with Gasteiger partial charge in [0.05, 0.1) is 0 Å². The number of nitrogens with zero attached hydrogens (tertiary/aromatic N) is 4. The van der Waals surface area contributed by atoms with Crippen molar-refractivity contribution < 1.29 is 13.6 Å². The number of halogens is 2. The van der Waals surface area contributed by atoms with Gasteiger partial charge in [-0.15, -0.1) is 0 Å². The Morgan fingerprint density at radius 2 is 1.60 bits per heavy atom. The van der Waals surface area contributed by atoms with Gasteiger partial charge in [0.2, 0.25) is 0 Å². The van der Waals surface area contributed by atoms with E-state index in [4.69, 9.17) is 4.98 Å². The number of carbonyl (C=O) groups excluding carboxylic acids is 1. The van der Waals surface area contributed by atoms with Gasteiger partial charge in [-0.2, -0.15) is 0 Å². The van der Waals surface area contributed by atoms with Crippen molar-refractivity contribution in [2.24, 2.45) is 0 Å². The first-order valence-electron chi connectivity index (χ1n) is 9.83. The van der Waals surface area contributed by atoms with Gasteiger partial charge in [0.15, 0.2) is 5.82 Å². The Hall–Kier alpha value is -3.35. The predicted octanol–water partition coefficient (Wildman–Crippen LogP) is 4.00. The lowest BCUT2D eigenvalue weighted by Crippen LogP contribution is -2.49. The Labute approximate surface area is 174 Å². The average Bonchev–Trinajstić information content (AvgIpc) is 2.76. The normalized spacial score (nSPS) is 14.1. The molecule has 0 atom stereocenters. The molecule has 4 rings (SSSR count). The summed E-state index contributed by atoms with van der Waals surface area (Å²) in [6.07, 6.45) is 0. The summed E-state index contributed by atoms with van der Waals surface area (Å²) in [5, 5.41) is 0. The quantitative estimate of drug-likeness (QED) is 0.657. The van der Waals surface area contributed by atoms with Gasteiger partial charge in [-0.25, -0.2) is 18.7 Å². The maximum absolute atomic E-state index is 13.6. The van der Waals surface area contributed by atoms with Gasteiger partial charge in [-0.05, 0) is 50.2 Å². The zero-order chi connectivity index (χ0) is 21.3. The maximum Gasteiger partial charge on any atom is 0.253 e. The van der Waals surface area contributed by atoms with Crippen molar-refractivity contribution in [2.45, 2.75) is 13.8 Å². The van der Waals surface area contributed by atoms with E-state index in [2.05, 4.69) is 9.88 Å². The molecule has 0 N–H and O–H groups in total. The molecule has 0 spiro atoms. The molecule has 1 aliphatic rings. The zero-order valence-electron chi connectivity index (χ0n) is 16.9. The number of aryl methyl sites for hydroxylation is 1. The van der Waals surface area contributed by atoms with Crippen molar-refractivity contribution in [3.05, 3.63) is 77.0 Å². The molecule has 0 unspecified atom stereocenters. The van der Waals surface area contributed by atoms with Crippen LogP contribution in [0.4, 0.5) is 14.6 Å². The first-order valence-corrected chi connectivity index (χ1v) is 9.83. The molecular formula is C23H22F2N4O. The largest absolute Gasteiger partial charge is 0.353 e. The van der Waals surface area contributed by atoms with Crippen LogP contribution in [-0.4, -0.2) is 47.0 Å². The molecule has 154 valence electrons. The van der Waals surface area contributed by atoms with Crippen LogP contribution >= 0.6 is 0 Å². The van der Waals surface area contributed by atoms with E-state index in [1.54, 1.807) is 17.0 Å². The Bertz CT molecular complexity index is 1080. The van der Waals surface area contributed by atoms with Crippen molar-refractivity contribution >= 4 is 11.7 Å². The van der Waals surface area contributed by atoms with Gasteiger partial charge in [-0.3, -0.25) is 4.79 Å². The highest BCUT2D eigenvalue weighted by molar-refractivity contribution is 5.94. The molecular weight excluding hydrogens is 386 g/mol. The van der Waals surface area contributed by atoms with Crippen LogP contribution in [0.25, 0.3) is 11.4 Å². The number of piperazine rings is 1. The van der Waals surface area contributed by atoms with Gasteiger partial charge < -0.3 is 9.80 Å². The van der Waals surface area contributed by atoms with E-state index in [1.807, 2.05) is 13.8 Å². The van der Waals surface area contributed by atoms with Gasteiger partial charge in [0.25, 0.3) is 5.91 Å². The predicted molar refractivity (Wildman–Crippen MR) is 111 cm³/mol. The Morgan fingerprint density at radius 3 is 2.27 bits per heavy atom. The smallest absolute Gasteiger partial charge is 0.253 e. The molecule has 0 aliphatic carbocycles. The Morgan fingerprint density at radius 1 is 0.900 bits per heavy atom. The molecule has 0 saturated carbocycles. The summed E-state index contributed by atoms with van der Waals surface area (Å²) in [5.41, 5.74) is 2.91. The molecule has 7 heteroatoms. The second-order valence-corrected chi connectivity index (χ2v) is 7.38. The van der Waals surface area contributed by atoms with E-state index in [0.29, 0.717) is 43.1 Å². The third-order valence-electron chi connectivity index (χ3n) is 5.40. The minimum atomic E-state index is -0.361. The third kappa shape index (κ3) is 4.01. The van der Waals surface area contributed by atoms with E-state index < -0.39 is 0 Å². The highest BCUT2D eigenvalue weighted by atomic mass is 19.1. The summed E-state index contributed by atoms with van der Waals surface area (Å²) in [6.45, 7) is 6.19. The minimum Gasteiger partial charge on any atom is -0.353 e. The number of hydrogen-bond acceptors (Lipinski definition) is 4. The van der Waals surface area contributed by atoms with Gasteiger partial charge >= 0.3 is 0 Å². The number of rotatable bonds is 3. The fraction of sp³-hybridized carbons (Fsp3) is 0.261. The lowest BCUT2D eigenvalue weighted by Gasteiger charge is -2.36. The van der Waals surface area contributed by atoms with E-state index >= 15 is 0 Å². The van der Waals surface area contributed by atoms with Crippen molar-refractivity contribution in [1.82, 2.24) is 14.9 Å². The summed E-state index contributed by atoms with van der Waals surface area (Å²) in [5.74, 6) is 0.489. The van der Waals surface area contributed by atoms with Crippen LogP contribution in [-0.2, 0) is 0 Å². The second kappa shape index (κ2) is 8.18. The molecule has 3 aromatic rings. The average molecular weight is 408 g/mol. The van der Waals surface area contributed by atoms with Gasteiger partial charge in [0, 0.05) is 48.6 Å². The van der Waals surface area contributed by atoms with Crippen LogP contribution in [0.2, 0.25) is 0 Å². The third-order valence-corrected chi connectivity index (χ3v) is 5.40. The Kier molecular flexibility index (Phi) is 5.44. The standard InChI is InChI=1S/C23H22F2N4O/c1-15-16(2)26-21(18-4-3-5-20(25)14-18)27-22(15)28-10-12-29(13-11-28)23(30)17-6-8-19(24)9-7-17/h3-9,14H,10-13H2,1-2H3. The van der Waals surface area contributed by atoms with Crippen molar-refractivity contribution in [3.8, 4) is 11.4 Å².